The van der Waals surface area contributed by atoms with Gasteiger partial charge in [0.05, 0.1) is 30.0 Å². The van der Waals surface area contributed by atoms with Crippen molar-refractivity contribution in [2.45, 2.75) is 59.2 Å². The molecular weight excluding hydrogens is 336 g/mol. The van der Waals surface area contributed by atoms with Crippen LogP contribution in [0.3, 0.4) is 0 Å². The Morgan fingerprint density at radius 1 is 1.15 bits per heavy atom. The molecule has 8 nitrogen and oxygen atoms in total. The van der Waals surface area contributed by atoms with Crippen LogP contribution < -0.4 is 5.32 Å². The van der Waals surface area contributed by atoms with E-state index in [-0.39, 0.29) is 18.4 Å². The molecule has 0 saturated carbocycles. The zero-order valence-corrected chi connectivity index (χ0v) is 15.7. The van der Waals surface area contributed by atoms with E-state index in [0.717, 1.165) is 34.8 Å². The summed E-state index contributed by atoms with van der Waals surface area (Å²) < 4.78 is 10.3. The smallest absolute Gasteiger partial charge is 0.224 e. The molecule has 1 fully saturated rings. The van der Waals surface area contributed by atoms with Crippen LogP contribution in [0.15, 0.2) is 9.05 Å². The highest BCUT2D eigenvalue weighted by Crippen LogP contribution is 2.19. The second kappa shape index (κ2) is 7.59. The number of aryl methyl sites for hydroxylation is 4. The average molecular weight is 362 g/mol. The van der Waals surface area contributed by atoms with Crippen molar-refractivity contribution in [3.63, 3.8) is 0 Å². The highest BCUT2D eigenvalue weighted by molar-refractivity contribution is 5.79. The molecule has 0 radical (unpaired) electrons. The van der Waals surface area contributed by atoms with Crippen LogP contribution in [0.5, 0.6) is 0 Å². The van der Waals surface area contributed by atoms with Crippen molar-refractivity contribution in [2.75, 3.05) is 13.1 Å². The number of piperidine rings is 1. The van der Waals surface area contributed by atoms with Gasteiger partial charge < -0.3 is 19.5 Å². The second-order valence-corrected chi connectivity index (χ2v) is 7.05. The minimum absolute atomic E-state index is 0.123. The number of aliphatic hydroxyl groups excluding tert-OH is 1. The lowest BCUT2D eigenvalue weighted by Gasteiger charge is -2.36. The summed E-state index contributed by atoms with van der Waals surface area (Å²) in [4.78, 5) is 14.5. The largest absolute Gasteiger partial charge is 0.390 e. The van der Waals surface area contributed by atoms with Gasteiger partial charge in [0.15, 0.2) is 0 Å². The van der Waals surface area contributed by atoms with Crippen LogP contribution in [0.2, 0.25) is 0 Å². The van der Waals surface area contributed by atoms with Gasteiger partial charge in [0.1, 0.15) is 11.5 Å². The summed E-state index contributed by atoms with van der Waals surface area (Å²) in [5, 5.41) is 21.2. The van der Waals surface area contributed by atoms with E-state index >= 15 is 0 Å². The number of β-amino-alcohol motifs (C(OH)–C–C–N with tert-alkyl or cyclic N) is 1. The number of carbonyl (C=O) groups excluding carboxylic acids is 1. The van der Waals surface area contributed by atoms with Gasteiger partial charge >= 0.3 is 0 Å². The first-order valence-corrected chi connectivity index (χ1v) is 8.88. The maximum atomic E-state index is 12.3. The monoisotopic (exact) mass is 362 g/mol. The summed E-state index contributed by atoms with van der Waals surface area (Å²) in [5.74, 6) is 1.35. The van der Waals surface area contributed by atoms with Gasteiger partial charge in [0.2, 0.25) is 5.91 Å². The van der Waals surface area contributed by atoms with Crippen molar-refractivity contribution in [2.24, 2.45) is 0 Å². The van der Waals surface area contributed by atoms with Crippen LogP contribution in [0, 0.1) is 27.7 Å². The molecule has 2 N–H and O–H groups in total. The fourth-order valence-electron chi connectivity index (χ4n) is 3.43. The number of aliphatic hydroxyl groups is 1. The van der Waals surface area contributed by atoms with E-state index in [0.29, 0.717) is 25.3 Å². The lowest BCUT2D eigenvalue weighted by molar-refractivity contribution is -0.122. The van der Waals surface area contributed by atoms with Crippen LogP contribution in [0.1, 0.15) is 40.5 Å². The van der Waals surface area contributed by atoms with Crippen molar-refractivity contribution >= 4 is 5.91 Å². The van der Waals surface area contributed by atoms with Gasteiger partial charge in [0, 0.05) is 30.8 Å². The van der Waals surface area contributed by atoms with Gasteiger partial charge in [-0.1, -0.05) is 10.3 Å². The molecule has 2 aromatic rings. The fourth-order valence-corrected chi connectivity index (χ4v) is 3.43. The Morgan fingerprint density at radius 2 is 1.77 bits per heavy atom. The van der Waals surface area contributed by atoms with Crippen LogP contribution >= 0.6 is 0 Å². The number of likely N-dealkylation sites (tertiary alicyclic amines) is 1. The maximum absolute atomic E-state index is 12.3. The Morgan fingerprint density at radius 3 is 2.31 bits per heavy atom. The van der Waals surface area contributed by atoms with Crippen LogP contribution in [-0.4, -0.2) is 51.5 Å². The normalized spacial score (nSPS) is 21.1. The third-order valence-corrected chi connectivity index (χ3v) is 5.09. The van der Waals surface area contributed by atoms with E-state index in [9.17, 15) is 9.90 Å². The topological polar surface area (TPSA) is 105 Å². The molecule has 142 valence electrons. The molecule has 0 spiro atoms. The predicted molar refractivity (Wildman–Crippen MR) is 93.5 cm³/mol. The second-order valence-electron chi connectivity index (χ2n) is 7.05. The zero-order valence-electron chi connectivity index (χ0n) is 15.7. The fraction of sp³-hybridized carbons (Fsp3) is 0.611. The van der Waals surface area contributed by atoms with E-state index in [1.54, 1.807) is 6.92 Å². The molecule has 3 heterocycles. The van der Waals surface area contributed by atoms with Crippen LogP contribution in [0.25, 0.3) is 0 Å². The molecule has 1 aliphatic heterocycles. The number of nitrogens with one attached hydrogen (secondary N) is 1. The van der Waals surface area contributed by atoms with Gasteiger partial charge in [0.25, 0.3) is 0 Å². The van der Waals surface area contributed by atoms with Gasteiger partial charge in [-0.3, -0.25) is 9.69 Å². The Hall–Kier alpha value is -2.19. The van der Waals surface area contributed by atoms with Crippen LogP contribution in [0.4, 0.5) is 0 Å². The van der Waals surface area contributed by atoms with Crippen molar-refractivity contribution < 1.29 is 18.9 Å². The lowest BCUT2D eigenvalue weighted by atomic mass is 10.00. The first-order valence-electron chi connectivity index (χ1n) is 8.88. The standard InChI is InChI=1S/C18H26N4O4/c1-10-14(12(3)25-20-10)7-18(24)19-16-5-6-22(9-17(16)23)8-15-11(2)21-26-13(15)4/h16-17,23H,5-9H2,1-4H3,(H,19,24)/t16-,17-/m1/s1. The number of carbonyl (C=O) groups is 1. The highest BCUT2D eigenvalue weighted by Gasteiger charge is 2.30. The number of hydrogen-bond donors (Lipinski definition) is 2. The first-order chi connectivity index (χ1) is 12.3. The Balaban J connectivity index is 1.53. The van der Waals surface area contributed by atoms with E-state index in [4.69, 9.17) is 9.05 Å². The molecule has 1 amide bonds. The van der Waals surface area contributed by atoms with Crippen molar-refractivity contribution in [1.29, 1.82) is 0 Å². The molecule has 0 aromatic carbocycles. The molecule has 8 heteroatoms. The van der Waals surface area contributed by atoms with E-state index in [2.05, 4.69) is 20.5 Å². The summed E-state index contributed by atoms with van der Waals surface area (Å²) in [7, 11) is 0. The summed E-state index contributed by atoms with van der Waals surface area (Å²) in [5.41, 5.74) is 3.49. The highest BCUT2D eigenvalue weighted by atomic mass is 16.5. The van der Waals surface area contributed by atoms with Crippen molar-refractivity contribution in [1.82, 2.24) is 20.5 Å². The molecule has 0 aliphatic carbocycles. The zero-order chi connectivity index (χ0) is 18.8. The molecule has 1 aliphatic rings. The quantitative estimate of drug-likeness (QED) is 0.823. The lowest BCUT2D eigenvalue weighted by Crippen LogP contribution is -2.54. The molecule has 3 rings (SSSR count). The first kappa shape index (κ1) is 18.6. The summed E-state index contributed by atoms with van der Waals surface area (Å²) in [6, 6.07) is -0.246. The molecule has 0 bridgehead atoms. The number of aromatic nitrogens is 2. The molecule has 0 unspecified atom stereocenters. The third-order valence-electron chi connectivity index (χ3n) is 5.09. The minimum Gasteiger partial charge on any atom is -0.390 e. The van der Waals surface area contributed by atoms with E-state index < -0.39 is 6.10 Å². The van der Waals surface area contributed by atoms with Gasteiger partial charge in [-0.15, -0.1) is 0 Å². The van der Waals surface area contributed by atoms with Gasteiger partial charge in [-0.25, -0.2) is 0 Å². The van der Waals surface area contributed by atoms with Gasteiger partial charge in [-0.2, -0.15) is 0 Å². The van der Waals surface area contributed by atoms with E-state index in [1.807, 2.05) is 20.8 Å². The predicted octanol–water partition coefficient (Wildman–Crippen LogP) is 1.19. The molecule has 2 atom stereocenters. The molecule has 2 aromatic heterocycles. The number of rotatable bonds is 5. The SMILES string of the molecule is Cc1noc(C)c1CC(=O)N[C@@H]1CCN(Cc2c(C)noc2C)C[C@H]1O. The number of amides is 1. The van der Waals surface area contributed by atoms with Gasteiger partial charge in [-0.05, 0) is 34.1 Å². The minimum atomic E-state index is -0.613. The third kappa shape index (κ3) is 3.96. The number of nitrogens with zero attached hydrogens (tertiary/aromatic N) is 3. The summed E-state index contributed by atoms with van der Waals surface area (Å²) >= 11 is 0. The summed E-state index contributed by atoms with van der Waals surface area (Å²) in [6.07, 6.45) is 0.295. The summed E-state index contributed by atoms with van der Waals surface area (Å²) in [6.45, 7) is 9.42. The van der Waals surface area contributed by atoms with Crippen LogP contribution in [-0.2, 0) is 17.8 Å². The molecular formula is C18H26N4O4. The van der Waals surface area contributed by atoms with Crippen molar-refractivity contribution in [3.8, 4) is 0 Å². The van der Waals surface area contributed by atoms with Crippen molar-refractivity contribution in [3.05, 3.63) is 34.0 Å². The molecule has 1 saturated heterocycles. The Labute approximate surface area is 152 Å². The molecule has 26 heavy (non-hydrogen) atoms. The Kier molecular flexibility index (Phi) is 5.43. The number of hydrogen-bond acceptors (Lipinski definition) is 7. The maximum Gasteiger partial charge on any atom is 0.224 e. The van der Waals surface area contributed by atoms with E-state index in [1.165, 1.54) is 0 Å². The Bertz CT molecular complexity index is 743. The average Bonchev–Trinajstić information content (AvgIpc) is 3.07.